The minimum Gasteiger partial charge on any atom is -0.477 e. The third-order valence-electron chi connectivity index (χ3n) is 2.48. The first kappa shape index (κ1) is 12.7. The zero-order valence-electron chi connectivity index (χ0n) is 9.90. The summed E-state index contributed by atoms with van der Waals surface area (Å²) < 4.78 is 13.0. The van der Waals surface area contributed by atoms with Crippen molar-refractivity contribution in [2.75, 3.05) is 5.32 Å². The number of nitrogens with one attached hydrogen (secondary N) is 2. The van der Waals surface area contributed by atoms with Crippen LogP contribution in [0.5, 0.6) is 0 Å². The molecular weight excluding hydrogens is 253 g/mol. The number of rotatable bonds is 3. The molecule has 0 unspecified atom stereocenters. The summed E-state index contributed by atoms with van der Waals surface area (Å²) in [6.07, 6.45) is 0. The highest BCUT2D eigenvalue weighted by molar-refractivity contribution is 6.07. The highest BCUT2D eigenvalue weighted by Gasteiger charge is 2.19. The maximum absolute atomic E-state index is 13.0. The third kappa shape index (κ3) is 2.59. The number of nitrogens with zero attached hydrogens (tertiary/aromatic N) is 1. The largest absolute Gasteiger partial charge is 0.477 e. The van der Waals surface area contributed by atoms with E-state index in [0.29, 0.717) is 5.69 Å². The van der Waals surface area contributed by atoms with E-state index in [1.54, 1.807) is 0 Å². The molecule has 98 valence electrons. The van der Waals surface area contributed by atoms with Crippen LogP contribution < -0.4 is 5.32 Å². The molecule has 1 amide bonds. The zero-order chi connectivity index (χ0) is 14.0. The van der Waals surface area contributed by atoms with Gasteiger partial charge in [0.05, 0.1) is 0 Å². The molecule has 0 aliphatic rings. The topological polar surface area (TPSA) is 95.1 Å². The number of carboxylic acid groups (broad SMARTS) is 1. The van der Waals surface area contributed by atoms with Crippen LogP contribution in [0.1, 0.15) is 26.4 Å². The van der Waals surface area contributed by atoms with Gasteiger partial charge in [-0.25, -0.2) is 9.18 Å². The fourth-order valence-electron chi connectivity index (χ4n) is 1.59. The highest BCUT2D eigenvalue weighted by Crippen LogP contribution is 2.17. The Morgan fingerprint density at radius 1 is 1.42 bits per heavy atom. The molecule has 2 aromatic rings. The molecule has 1 aromatic heterocycles. The number of anilines is 1. The van der Waals surface area contributed by atoms with E-state index in [2.05, 4.69) is 15.5 Å². The molecule has 0 saturated heterocycles. The lowest BCUT2D eigenvalue weighted by molar-refractivity contribution is 0.0697. The first-order chi connectivity index (χ1) is 8.99. The maximum atomic E-state index is 13.0. The summed E-state index contributed by atoms with van der Waals surface area (Å²) in [5.74, 6) is -2.49. The SMILES string of the molecule is Cc1[nH]nc(NC(=O)c2cccc(F)c2)c1C(=O)O. The molecule has 0 radical (unpaired) electrons. The van der Waals surface area contributed by atoms with Crippen LogP contribution >= 0.6 is 0 Å². The van der Waals surface area contributed by atoms with E-state index in [1.165, 1.54) is 25.1 Å². The van der Waals surface area contributed by atoms with Gasteiger partial charge in [0.25, 0.3) is 5.91 Å². The molecule has 1 heterocycles. The maximum Gasteiger partial charge on any atom is 0.341 e. The van der Waals surface area contributed by atoms with E-state index in [9.17, 15) is 14.0 Å². The van der Waals surface area contributed by atoms with Crippen LogP contribution in [-0.2, 0) is 0 Å². The summed E-state index contributed by atoms with van der Waals surface area (Å²) in [5, 5.41) is 17.5. The number of aromatic nitrogens is 2. The molecule has 0 saturated carbocycles. The fourth-order valence-corrected chi connectivity index (χ4v) is 1.59. The van der Waals surface area contributed by atoms with Crippen LogP contribution in [0.2, 0.25) is 0 Å². The van der Waals surface area contributed by atoms with E-state index >= 15 is 0 Å². The van der Waals surface area contributed by atoms with E-state index in [1.807, 2.05) is 0 Å². The molecule has 0 bridgehead atoms. The number of H-pyrrole nitrogens is 1. The van der Waals surface area contributed by atoms with Crippen molar-refractivity contribution in [2.45, 2.75) is 6.92 Å². The minimum atomic E-state index is -1.21. The van der Waals surface area contributed by atoms with Crippen molar-refractivity contribution in [3.8, 4) is 0 Å². The number of hydrogen-bond donors (Lipinski definition) is 3. The first-order valence-corrected chi connectivity index (χ1v) is 5.34. The quantitative estimate of drug-likeness (QED) is 0.787. The minimum absolute atomic E-state index is 0.0805. The van der Waals surface area contributed by atoms with Crippen molar-refractivity contribution in [3.05, 3.63) is 46.9 Å². The summed E-state index contributed by atoms with van der Waals surface area (Å²) in [5.41, 5.74) is 0.281. The molecule has 1 aromatic carbocycles. The number of aromatic carboxylic acids is 1. The van der Waals surface area contributed by atoms with Crippen molar-refractivity contribution in [1.29, 1.82) is 0 Å². The summed E-state index contributed by atoms with van der Waals surface area (Å²) in [7, 11) is 0. The molecular formula is C12H10FN3O3. The van der Waals surface area contributed by atoms with Crippen LogP contribution in [-0.4, -0.2) is 27.2 Å². The predicted molar refractivity (Wildman–Crippen MR) is 64.6 cm³/mol. The van der Waals surface area contributed by atoms with Crippen LogP contribution in [0.4, 0.5) is 10.2 Å². The first-order valence-electron chi connectivity index (χ1n) is 5.34. The second-order valence-corrected chi connectivity index (χ2v) is 3.84. The number of amides is 1. The smallest absolute Gasteiger partial charge is 0.341 e. The normalized spacial score (nSPS) is 10.2. The average Bonchev–Trinajstić information content (AvgIpc) is 2.70. The zero-order valence-corrected chi connectivity index (χ0v) is 9.90. The van der Waals surface area contributed by atoms with Gasteiger partial charge >= 0.3 is 5.97 Å². The molecule has 0 aliphatic heterocycles. The second kappa shape index (κ2) is 4.89. The number of halogens is 1. The van der Waals surface area contributed by atoms with Gasteiger partial charge in [-0.2, -0.15) is 5.10 Å². The lowest BCUT2D eigenvalue weighted by atomic mass is 10.2. The fraction of sp³-hybridized carbons (Fsp3) is 0.0833. The van der Waals surface area contributed by atoms with E-state index in [0.717, 1.165) is 6.07 Å². The van der Waals surface area contributed by atoms with Crippen molar-refractivity contribution in [3.63, 3.8) is 0 Å². The van der Waals surface area contributed by atoms with Gasteiger partial charge in [-0.3, -0.25) is 9.89 Å². The Balaban J connectivity index is 2.27. The summed E-state index contributed by atoms with van der Waals surface area (Å²) in [6, 6.07) is 5.06. The van der Waals surface area contributed by atoms with Crippen LogP contribution in [0, 0.1) is 12.7 Å². The number of aryl methyl sites for hydroxylation is 1. The molecule has 7 heteroatoms. The highest BCUT2D eigenvalue weighted by atomic mass is 19.1. The summed E-state index contributed by atoms with van der Waals surface area (Å²) in [6.45, 7) is 1.52. The van der Waals surface area contributed by atoms with Gasteiger partial charge in [-0.05, 0) is 25.1 Å². The molecule has 0 fully saturated rings. The number of carbonyl (C=O) groups is 2. The van der Waals surface area contributed by atoms with Crippen molar-refractivity contribution < 1.29 is 19.1 Å². The van der Waals surface area contributed by atoms with Gasteiger partial charge < -0.3 is 10.4 Å². The lowest BCUT2D eigenvalue weighted by Gasteiger charge is -2.03. The standard InChI is InChI=1S/C12H10FN3O3/c1-6-9(12(18)19)10(16-15-6)14-11(17)7-3-2-4-8(13)5-7/h2-5H,1H3,(H,18,19)(H2,14,15,16,17). The van der Waals surface area contributed by atoms with Gasteiger partial charge in [0.15, 0.2) is 5.82 Å². The molecule has 0 atom stereocenters. The second-order valence-electron chi connectivity index (χ2n) is 3.84. The number of carbonyl (C=O) groups excluding carboxylic acids is 1. The number of aromatic amines is 1. The Morgan fingerprint density at radius 2 is 2.16 bits per heavy atom. The third-order valence-corrected chi connectivity index (χ3v) is 2.48. The summed E-state index contributed by atoms with van der Waals surface area (Å²) in [4.78, 5) is 22.8. The number of hydrogen-bond acceptors (Lipinski definition) is 3. The number of benzene rings is 1. The average molecular weight is 263 g/mol. The van der Waals surface area contributed by atoms with E-state index < -0.39 is 17.7 Å². The van der Waals surface area contributed by atoms with Crippen molar-refractivity contribution >= 4 is 17.7 Å². The van der Waals surface area contributed by atoms with Crippen LogP contribution in [0.25, 0.3) is 0 Å². The van der Waals surface area contributed by atoms with E-state index in [4.69, 9.17) is 5.11 Å². The predicted octanol–water partition coefficient (Wildman–Crippen LogP) is 1.81. The van der Waals surface area contributed by atoms with Crippen molar-refractivity contribution in [2.24, 2.45) is 0 Å². The molecule has 0 aliphatic carbocycles. The molecule has 0 spiro atoms. The van der Waals surface area contributed by atoms with Gasteiger partial charge in [0, 0.05) is 11.3 Å². The Kier molecular flexibility index (Phi) is 3.28. The monoisotopic (exact) mass is 263 g/mol. The molecule has 19 heavy (non-hydrogen) atoms. The Hall–Kier alpha value is -2.70. The molecule has 2 rings (SSSR count). The lowest BCUT2D eigenvalue weighted by Crippen LogP contribution is -2.15. The van der Waals surface area contributed by atoms with Gasteiger partial charge in [0.1, 0.15) is 11.4 Å². The summed E-state index contributed by atoms with van der Waals surface area (Å²) >= 11 is 0. The van der Waals surface area contributed by atoms with E-state index in [-0.39, 0.29) is 16.9 Å². The molecule has 3 N–H and O–H groups in total. The Morgan fingerprint density at radius 3 is 2.79 bits per heavy atom. The molecule has 6 nitrogen and oxygen atoms in total. The van der Waals surface area contributed by atoms with Crippen molar-refractivity contribution in [1.82, 2.24) is 10.2 Å². The van der Waals surface area contributed by atoms with Crippen LogP contribution in [0.3, 0.4) is 0 Å². The Bertz CT molecular complexity index is 651. The van der Waals surface area contributed by atoms with Gasteiger partial charge in [-0.1, -0.05) is 6.07 Å². The number of carboxylic acids is 1. The van der Waals surface area contributed by atoms with Gasteiger partial charge in [-0.15, -0.1) is 0 Å². The van der Waals surface area contributed by atoms with Crippen LogP contribution in [0.15, 0.2) is 24.3 Å². The van der Waals surface area contributed by atoms with Gasteiger partial charge in [0.2, 0.25) is 0 Å². The Labute approximate surface area is 107 Å².